The van der Waals surface area contributed by atoms with E-state index in [0.717, 1.165) is 0 Å². The molecule has 0 fully saturated rings. The number of nitrogens with zero attached hydrogens (tertiary/aromatic N) is 3. The van der Waals surface area contributed by atoms with Crippen molar-refractivity contribution in [1.82, 2.24) is 0 Å². The van der Waals surface area contributed by atoms with E-state index in [2.05, 4.69) is 10.0 Å². The minimum atomic E-state index is -1.15. The number of carboxylic acids is 1. The third kappa shape index (κ3) is 2.21. The fourth-order valence-corrected chi connectivity index (χ4v) is 0.946. The van der Waals surface area contributed by atoms with Gasteiger partial charge in [-0.3, -0.25) is 4.79 Å². The van der Waals surface area contributed by atoms with Crippen molar-refractivity contribution in [2.75, 3.05) is 0 Å². The van der Waals surface area contributed by atoms with Crippen molar-refractivity contribution in [2.24, 2.45) is 5.11 Å². The maximum Gasteiger partial charge on any atom is 0.316 e. The molecule has 0 radical (unpaired) electrons. The Morgan fingerprint density at radius 3 is 2.54 bits per heavy atom. The first kappa shape index (κ1) is 9.09. The molecule has 1 N–H and O–H groups in total. The van der Waals surface area contributed by atoms with Gasteiger partial charge >= 0.3 is 5.97 Å². The van der Waals surface area contributed by atoms with E-state index in [-0.39, 0.29) is 0 Å². The standard InChI is InChI=1S/C8H7N3O2/c9-11-10-7(8(12)13)6-4-2-1-3-5-6/h1-5,7H,(H,12,13)/t7-/m1/s1. The zero-order valence-electron chi connectivity index (χ0n) is 6.66. The highest BCUT2D eigenvalue weighted by Crippen LogP contribution is 2.16. The van der Waals surface area contributed by atoms with E-state index in [9.17, 15) is 4.79 Å². The molecule has 1 aromatic rings. The lowest BCUT2D eigenvalue weighted by Gasteiger charge is -2.04. The summed E-state index contributed by atoms with van der Waals surface area (Å²) in [5.41, 5.74) is 8.62. The average Bonchev–Trinajstić information content (AvgIpc) is 2.15. The van der Waals surface area contributed by atoms with Gasteiger partial charge in [-0.2, -0.15) is 0 Å². The summed E-state index contributed by atoms with van der Waals surface area (Å²) in [7, 11) is 0. The van der Waals surface area contributed by atoms with Crippen molar-refractivity contribution in [3.05, 3.63) is 46.3 Å². The van der Waals surface area contributed by atoms with Crippen LogP contribution in [0.4, 0.5) is 0 Å². The number of hydrogen-bond donors (Lipinski definition) is 1. The topological polar surface area (TPSA) is 86.1 Å². The lowest BCUT2D eigenvalue weighted by atomic mass is 10.1. The fourth-order valence-electron chi connectivity index (χ4n) is 0.946. The summed E-state index contributed by atoms with van der Waals surface area (Å²) in [6.45, 7) is 0. The van der Waals surface area contributed by atoms with Gasteiger partial charge in [0.1, 0.15) is 0 Å². The molecule has 0 bridgehead atoms. The summed E-state index contributed by atoms with van der Waals surface area (Å²) >= 11 is 0. The second-order valence-corrected chi connectivity index (χ2v) is 2.36. The summed E-state index contributed by atoms with van der Waals surface area (Å²) < 4.78 is 0. The monoisotopic (exact) mass is 177 g/mol. The molecule has 0 unspecified atom stereocenters. The Morgan fingerprint density at radius 2 is 2.08 bits per heavy atom. The van der Waals surface area contributed by atoms with Gasteiger partial charge in [0.25, 0.3) is 0 Å². The smallest absolute Gasteiger partial charge is 0.316 e. The van der Waals surface area contributed by atoms with Crippen molar-refractivity contribution in [3.8, 4) is 0 Å². The van der Waals surface area contributed by atoms with Gasteiger partial charge in [0, 0.05) is 4.91 Å². The third-order valence-corrected chi connectivity index (χ3v) is 1.52. The average molecular weight is 177 g/mol. The molecule has 1 rings (SSSR count). The third-order valence-electron chi connectivity index (χ3n) is 1.52. The van der Waals surface area contributed by atoms with E-state index in [1.807, 2.05) is 0 Å². The van der Waals surface area contributed by atoms with Crippen LogP contribution in [0.25, 0.3) is 10.4 Å². The molecule has 13 heavy (non-hydrogen) atoms. The highest BCUT2D eigenvalue weighted by molar-refractivity contribution is 5.75. The largest absolute Gasteiger partial charge is 0.481 e. The van der Waals surface area contributed by atoms with Crippen LogP contribution in [0.15, 0.2) is 35.4 Å². The van der Waals surface area contributed by atoms with Gasteiger partial charge in [0.05, 0.1) is 0 Å². The summed E-state index contributed by atoms with van der Waals surface area (Å²) in [6, 6.07) is 7.22. The minimum Gasteiger partial charge on any atom is -0.481 e. The van der Waals surface area contributed by atoms with Crippen molar-refractivity contribution in [2.45, 2.75) is 6.04 Å². The zero-order valence-corrected chi connectivity index (χ0v) is 6.66. The van der Waals surface area contributed by atoms with Crippen LogP contribution in [0.2, 0.25) is 0 Å². The van der Waals surface area contributed by atoms with Gasteiger partial charge in [-0.1, -0.05) is 35.4 Å². The van der Waals surface area contributed by atoms with Crippen molar-refractivity contribution >= 4 is 5.97 Å². The molecule has 0 aliphatic heterocycles. The van der Waals surface area contributed by atoms with E-state index in [1.54, 1.807) is 30.3 Å². The zero-order chi connectivity index (χ0) is 9.68. The molecule has 0 aliphatic rings. The summed E-state index contributed by atoms with van der Waals surface area (Å²) in [4.78, 5) is 13.1. The molecule has 0 spiro atoms. The molecule has 66 valence electrons. The first-order valence-electron chi connectivity index (χ1n) is 3.57. The normalized spacial score (nSPS) is 11.4. The van der Waals surface area contributed by atoms with Crippen molar-refractivity contribution in [1.29, 1.82) is 0 Å². The lowest BCUT2D eigenvalue weighted by Crippen LogP contribution is -2.07. The number of azide groups is 1. The van der Waals surface area contributed by atoms with Crippen LogP contribution in [0, 0.1) is 0 Å². The van der Waals surface area contributed by atoms with Crippen LogP contribution >= 0.6 is 0 Å². The maximum atomic E-state index is 10.6. The van der Waals surface area contributed by atoms with E-state index in [1.165, 1.54) is 0 Å². The Kier molecular flexibility index (Phi) is 2.89. The molecular weight excluding hydrogens is 170 g/mol. The Bertz CT molecular complexity index is 342. The molecule has 5 nitrogen and oxygen atoms in total. The van der Waals surface area contributed by atoms with E-state index in [4.69, 9.17) is 10.6 Å². The van der Waals surface area contributed by atoms with Crippen molar-refractivity contribution in [3.63, 3.8) is 0 Å². The molecule has 5 heteroatoms. The summed E-state index contributed by atoms with van der Waals surface area (Å²) in [5, 5.41) is 11.9. The van der Waals surface area contributed by atoms with E-state index < -0.39 is 12.0 Å². The molecule has 1 atom stereocenters. The Balaban J connectivity index is 3.02. The molecule has 0 saturated heterocycles. The van der Waals surface area contributed by atoms with E-state index >= 15 is 0 Å². The van der Waals surface area contributed by atoms with Gasteiger partial charge in [-0.15, -0.1) is 0 Å². The molecular formula is C8H7N3O2. The molecule has 0 aliphatic carbocycles. The number of benzene rings is 1. The van der Waals surface area contributed by atoms with Crippen LogP contribution in [-0.2, 0) is 4.79 Å². The fraction of sp³-hybridized carbons (Fsp3) is 0.125. The predicted octanol–water partition coefficient (Wildman–Crippen LogP) is 2.12. The van der Waals surface area contributed by atoms with Crippen LogP contribution in [0.3, 0.4) is 0 Å². The van der Waals surface area contributed by atoms with Gasteiger partial charge in [0.2, 0.25) is 0 Å². The first-order valence-corrected chi connectivity index (χ1v) is 3.57. The number of hydrogen-bond acceptors (Lipinski definition) is 2. The van der Waals surface area contributed by atoms with Gasteiger partial charge in [-0.05, 0) is 11.1 Å². The summed E-state index contributed by atoms with van der Waals surface area (Å²) in [6.07, 6.45) is 0. The molecule has 0 saturated carbocycles. The SMILES string of the molecule is [N-]=[N+]=N[C@@H](C(=O)O)c1ccccc1. The molecule has 0 amide bonds. The highest BCUT2D eigenvalue weighted by Gasteiger charge is 2.16. The maximum absolute atomic E-state index is 10.6. The highest BCUT2D eigenvalue weighted by atomic mass is 16.4. The molecule has 0 aromatic heterocycles. The Hall–Kier alpha value is -2.00. The van der Waals surface area contributed by atoms with Crippen LogP contribution in [0.5, 0.6) is 0 Å². The van der Waals surface area contributed by atoms with Gasteiger partial charge in [-0.25, -0.2) is 0 Å². The first-order chi connectivity index (χ1) is 6.25. The number of carboxylic acid groups (broad SMARTS) is 1. The molecule has 1 aromatic carbocycles. The quantitative estimate of drug-likeness (QED) is 0.435. The number of rotatable bonds is 3. The molecule has 0 heterocycles. The number of aliphatic carboxylic acids is 1. The van der Waals surface area contributed by atoms with Crippen LogP contribution in [-0.4, -0.2) is 11.1 Å². The van der Waals surface area contributed by atoms with Crippen molar-refractivity contribution < 1.29 is 9.90 Å². The van der Waals surface area contributed by atoms with Gasteiger partial charge < -0.3 is 5.11 Å². The van der Waals surface area contributed by atoms with Crippen LogP contribution < -0.4 is 0 Å². The second kappa shape index (κ2) is 4.13. The van der Waals surface area contributed by atoms with Crippen LogP contribution in [0.1, 0.15) is 11.6 Å². The minimum absolute atomic E-state index is 0.479. The Morgan fingerprint density at radius 1 is 1.46 bits per heavy atom. The number of carbonyl (C=O) groups is 1. The van der Waals surface area contributed by atoms with Gasteiger partial charge in [0.15, 0.2) is 6.04 Å². The lowest BCUT2D eigenvalue weighted by molar-refractivity contribution is -0.138. The predicted molar refractivity (Wildman–Crippen MR) is 46.0 cm³/mol. The second-order valence-electron chi connectivity index (χ2n) is 2.36. The summed E-state index contributed by atoms with van der Waals surface area (Å²) in [5.74, 6) is -1.15. The van der Waals surface area contributed by atoms with E-state index in [0.29, 0.717) is 5.56 Å². The Labute approximate surface area is 74.3 Å².